The molecule has 0 aliphatic carbocycles. The van der Waals surface area contributed by atoms with E-state index in [1.54, 1.807) is 6.07 Å². The average molecular weight is 168 g/mol. The Morgan fingerprint density at radius 1 is 1.58 bits per heavy atom. The summed E-state index contributed by atoms with van der Waals surface area (Å²) >= 11 is 0. The van der Waals surface area contributed by atoms with Crippen molar-refractivity contribution in [1.29, 1.82) is 0 Å². The van der Waals surface area contributed by atoms with Crippen LogP contribution in [-0.4, -0.2) is 13.7 Å². The number of epoxide rings is 1. The summed E-state index contributed by atoms with van der Waals surface area (Å²) in [4.78, 5) is 0. The van der Waals surface area contributed by atoms with Crippen molar-refractivity contribution in [3.63, 3.8) is 0 Å². The zero-order valence-electron chi connectivity index (χ0n) is 6.71. The van der Waals surface area contributed by atoms with Crippen LogP contribution in [0.3, 0.4) is 0 Å². The monoisotopic (exact) mass is 168 g/mol. The second-order valence-electron chi connectivity index (χ2n) is 2.71. The van der Waals surface area contributed by atoms with Crippen LogP contribution in [-0.2, 0) is 4.74 Å². The van der Waals surface area contributed by atoms with Crippen LogP contribution in [0.1, 0.15) is 11.7 Å². The van der Waals surface area contributed by atoms with Gasteiger partial charge in [-0.25, -0.2) is 4.39 Å². The first kappa shape index (κ1) is 7.55. The van der Waals surface area contributed by atoms with Crippen LogP contribution in [0.4, 0.5) is 4.39 Å². The van der Waals surface area contributed by atoms with Crippen molar-refractivity contribution >= 4 is 0 Å². The third kappa shape index (κ3) is 1.28. The lowest BCUT2D eigenvalue weighted by Crippen LogP contribution is -1.91. The van der Waals surface area contributed by atoms with E-state index in [4.69, 9.17) is 9.47 Å². The molecule has 1 aliphatic heterocycles. The van der Waals surface area contributed by atoms with Crippen molar-refractivity contribution < 1.29 is 13.9 Å². The highest BCUT2D eigenvalue weighted by molar-refractivity contribution is 5.37. The van der Waals surface area contributed by atoms with Gasteiger partial charge < -0.3 is 9.47 Å². The number of methoxy groups -OCH3 is 1. The summed E-state index contributed by atoms with van der Waals surface area (Å²) in [5.41, 5.74) is 0.930. The fourth-order valence-corrected chi connectivity index (χ4v) is 1.18. The molecule has 0 N–H and O–H groups in total. The highest BCUT2D eigenvalue weighted by atomic mass is 19.1. The second kappa shape index (κ2) is 2.75. The predicted molar refractivity (Wildman–Crippen MR) is 41.6 cm³/mol. The summed E-state index contributed by atoms with van der Waals surface area (Å²) in [5.74, 6) is 0.286. The highest BCUT2D eigenvalue weighted by Gasteiger charge is 2.27. The zero-order valence-corrected chi connectivity index (χ0v) is 6.71. The second-order valence-corrected chi connectivity index (χ2v) is 2.71. The van der Waals surface area contributed by atoms with Crippen molar-refractivity contribution in [3.05, 3.63) is 29.6 Å². The van der Waals surface area contributed by atoms with E-state index in [1.165, 1.54) is 19.2 Å². The van der Waals surface area contributed by atoms with Crippen molar-refractivity contribution in [2.24, 2.45) is 0 Å². The number of benzene rings is 1. The van der Waals surface area contributed by atoms with Gasteiger partial charge in [0.2, 0.25) is 0 Å². The van der Waals surface area contributed by atoms with E-state index >= 15 is 0 Å². The minimum atomic E-state index is -0.281. The first-order valence-corrected chi connectivity index (χ1v) is 3.76. The number of hydrogen-bond acceptors (Lipinski definition) is 2. The summed E-state index contributed by atoms with van der Waals surface area (Å²) in [7, 11) is 1.53. The molecule has 1 heterocycles. The molecule has 0 aromatic heterocycles. The molecule has 1 aromatic carbocycles. The molecule has 1 atom stereocenters. The van der Waals surface area contributed by atoms with Gasteiger partial charge in [0.25, 0.3) is 0 Å². The van der Waals surface area contributed by atoms with E-state index in [-0.39, 0.29) is 11.9 Å². The van der Waals surface area contributed by atoms with Crippen LogP contribution in [0.5, 0.6) is 5.75 Å². The van der Waals surface area contributed by atoms with Crippen LogP contribution in [0, 0.1) is 5.82 Å². The van der Waals surface area contributed by atoms with E-state index in [2.05, 4.69) is 0 Å². The van der Waals surface area contributed by atoms with Crippen LogP contribution in [0.2, 0.25) is 0 Å². The van der Waals surface area contributed by atoms with Gasteiger partial charge in [-0.05, 0) is 12.1 Å². The topological polar surface area (TPSA) is 21.8 Å². The first-order chi connectivity index (χ1) is 5.81. The molecule has 64 valence electrons. The van der Waals surface area contributed by atoms with Gasteiger partial charge in [0, 0.05) is 11.6 Å². The summed E-state index contributed by atoms with van der Waals surface area (Å²) in [6, 6.07) is 4.49. The fourth-order valence-electron chi connectivity index (χ4n) is 1.18. The standard InChI is InChI=1S/C9H9FO2/c1-11-8-4-6(10)2-3-7(8)9-5-12-9/h2-4,9H,5H2,1H3/t9-/m0/s1. The molecule has 0 radical (unpaired) electrons. The van der Waals surface area contributed by atoms with Gasteiger partial charge in [0.15, 0.2) is 0 Å². The molecule has 12 heavy (non-hydrogen) atoms. The van der Waals surface area contributed by atoms with Gasteiger partial charge >= 0.3 is 0 Å². The minimum Gasteiger partial charge on any atom is -0.496 e. The molecule has 0 unspecified atom stereocenters. The molecule has 2 nitrogen and oxygen atoms in total. The Bertz CT molecular complexity index is 295. The van der Waals surface area contributed by atoms with Gasteiger partial charge in [-0.2, -0.15) is 0 Å². The van der Waals surface area contributed by atoms with E-state index in [9.17, 15) is 4.39 Å². The van der Waals surface area contributed by atoms with Crippen LogP contribution in [0.15, 0.2) is 18.2 Å². The lowest BCUT2D eigenvalue weighted by Gasteiger charge is -2.04. The van der Waals surface area contributed by atoms with Gasteiger partial charge in [0.1, 0.15) is 17.7 Å². The highest BCUT2D eigenvalue weighted by Crippen LogP contribution is 2.36. The maximum Gasteiger partial charge on any atom is 0.127 e. The van der Waals surface area contributed by atoms with Gasteiger partial charge in [0.05, 0.1) is 13.7 Å². The van der Waals surface area contributed by atoms with Crippen molar-refractivity contribution in [2.45, 2.75) is 6.10 Å². The first-order valence-electron chi connectivity index (χ1n) is 3.76. The van der Waals surface area contributed by atoms with Crippen molar-refractivity contribution in [1.82, 2.24) is 0 Å². The van der Waals surface area contributed by atoms with Gasteiger partial charge in [-0.3, -0.25) is 0 Å². The molecular weight excluding hydrogens is 159 g/mol. The van der Waals surface area contributed by atoms with E-state index in [1.807, 2.05) is 0 Å². The maximum absolute atomic E-state index is 12.7. The maximum atomic E-state index is 12.7. The normalized spacial score (nSPS) is 20.7. The summed E-state index contributed by atoms with van der Waals surface area (Å²) in [6.07, 6.45) is 0.112. The van der Waals surface area contributed by atoms with Gasteiger partial charge in [-0.1, -0.05) is 0 Å². The zero-order chi connectivity index (χ0) is 8.55. The largest absolute Gasteiger partial charge is 0.496 e. The molecule has 1 aromatic rings. The molecule has 3 heteroatoms. The van der Waals surface area contributed by atoms with E-state index in [0.29, 0.717) is 12.4 Å². The number of halogens is 1. The lowest BCUT2D eigenvalue weighted by molar-refractivity contribution is 0.381. The minimum absolute atomic E-state index is 0.112. The smallest absolute Gasteiger partial charge is 0.127 e. The molecule has 2 rings (SSSR count). The quantitative estimate of drug-likeness (QED) is 0.629. The molecule has 0 bridgehead atoms. The Kier molecular flexibility index (Phi) is 1.73. The van der Waals surface area contributed by atoms with Crippen LogP contribution in [0.25, 0.3) is 0 Å². The lowest BCUT2D eigenvalue weighted by atomic mass is 10.1. The summed E-state index contributed by atoms with van der Waals surface area (Å²) in [6.45, 7) is 0.710. The molecule has 0 saturated carbocycles. The number of ether oxygens (including phenoxy) is 2. The van der Waals surface area contributed by atoms with Crippen molar-refractivity contribution in [3.8, 4) is 5.75 Å². The van der Waals surface area contributed by atoms with Gasteiger partial charge in [-0.15, -0.1) is 0 Å². The Labute approximate surface area is 69.9 Å². The summed E-state index contributed by atoms with van der Waals surface area (Å²) in [5, 5.41) is 0. The molecule has 1 fully saturated rings. The van der Waals surface area contributed by atoms with Crippen LogP contribution < -0.4 is 4.74 Å². The third-order valence-electron chi connectivity index (χ3n) is 1.88. The molecule has 1 aliphatic rings. The molecule has 1 saturated heterocycles. The summed E-state index contributed by atoms with van der Waals surface area (Å²) < 4.78 is 22.8. The SMILES string of the molecule is COc1cc(F)ccc1[C@@H]1CO1. The number of rotatable bonds is 2. The van der Waals surface area contributed by atoms with Crippen LogP contribution >= 0.6 is 0 Å². The molecule has 0 amide bonds. The van der Waals surface area contributed by atoms with E-state index in [0.717, 1.165) is 5.56 Å². The Balaban J connectivity index is 2.38. The van der Waals surface area contributed by atoms with Crippen molar-refractivity contribution in [2.75, 3.05) is 13.7 Å². The molecule has 0 spiro atoms. The fraction of sp³-hybridized carbons (Fsp3) is 0.333. The third-order valence-corrected chi connectivity index (χ3v) is 1.88. The number of hydrogen-bond donors (Lipinski definition) is 0. The Morgan fingerprint density at radius 2 is 2.33 bits per heavy atom. The average Bonchev–Trinajstić information content (AvgIpc) is 2.87. The Morgan fingerprint density at radius 3 is 2.92 bits per heavy atom. The van der Waals surface area contributed by atoms with E-state index < -0.39 is 0 Å². The Hall–Kier alpha value is -1.09. The molecular formula is C9H9FO2. The predicted octanol–water partition coefficient (Wildman–Crippen LogP) is 1.91.